The van der Waals surface area contributed by atoms with Crippen molar-refractivity contribution >= 4 is 16.9 Å². The Balaban J connectivity index is 2.76. The summed E-state index contributed by atoms with van der Waals surface area (Å²) >= 11 is 0. The minimum atomic E-state index is -1.24. The predicted molar refractivity (Wildman–Crippen MR) is 64.0 cm³/mol. The molecule has 0 unspecified atom stereocenters. The van der Waals surface area contributed by atoms with Crippen molar-refractivity contribution in [3.63, 3.8) is 0 Å². The fraction of sp³-hybridized carbons (Fsp3) is 0.308. The largest absolute Gasteiger partial charge is 0.478 e. The zero-order valence-electron chi connectivity index (χ0n) is 9.97. The number of halogens is 1. The molecule has 90 valence electrons. The first kappa shape index (κ1) is 11.6. The van der Waals surface area contributed by atoms with Crippen molar-refractivity contribution in [3.05, 3.63) is 34.8 Å². The highest BCUT2D eigenvalue weighted by molar-refractivity contribution is 5.95. The van der Waals surface area contributed by atoms with Crippen LogP contribution >= 0.6 is 0 Å². The second-order valence-electron chi connectivity index (χ2n) is 4.50. The van der Waals surface area contributed by atoms with E-state index in [4.69, 9.17) is 5.11 Å². The number of carbonyl (C=O) groups is 1. The number of aromatic amines is 1. The molecule has 0 aliphatic heterocycles. The van der Waals surface area contributed by atoms with Crippen LogP contribution in [0.4, 0.5) is 4.39 Å². The fourth-order valence-corrected chi connectivity index (χ4v) is 2.11. The lowest BCUT2D eigenvalue weighted by Gasteiger charge is -2.02. The lowest BCUT2D eigenvalue weighted by Crippen LogP contribution is -1.99. The van der Waals surface area contributed by atoms with E-state index in [0.717, 1.165) is 16.6 Å². The van der Waals surface area contributed by atoms with Crippen molar-refractivity contribution in [1.29, 1.82) is 0 Å². The number of nitrogens with one attached hydrogen (secondary N) is 1. The molecule has 0 bridgehead atoms. The van der Waals surface area contributed by atoms with E-state index in [1.54, 1.807) is 0 Å². The first-order chi connectivity index (χ1) is 7.91. The molecule has 0 fully saturated rings. The third-order valence-electron chi connectivity index (χ3n) is 2.99. The van der Waals surface area contributed by atoms with Gasteiger partial charge in [-0.2, -0.15) is 0 Å². The Kier molecular flexibility index (Phi) is 2.65. The van der Waals surface area contributed by atoms with Gasteiger partial charge in [-0.25, -0.2) is 9.18 Å². The Morgan fingerprint density at radius 1 is 1.41 bits per heavy atom. The maximum atomic E-state index is 13.5. The average molecular weight is 235 g/mol. The van der Waals surface area contributed by atoms with Gasteiger partial charge in [0, 0.05) is 16.6 Å². The van der Waals surface area contributed by atoms with Gasteiger partial charge in [0.05, 0.1) is 5.56 Å². The SMILES string of the molecule is Cc1c(C(C)C)[nH]c2cc(F)c(C(=O)O)cc12. The molecule has 1 aromatic carbocycles. The van der Waals surface area contributed by atoms with E-state index >= 15 is 0 Å². The lowest BCUT2D eigenvalue weighted by atomic mass is 10.0. The van der Waals surface area contributed by atoms with Crippen LogP contribution in [0.5, 0.6) is 0 Å². The molecular formula is C13H14FNO2. The van der Waals surface area contributed by atoms with Crippen molar-refractivity contribution in [2.45, 2.75) is 26.7 Å². The molecule has 2 N–H and O–H groups in total. The average Bonchev–Trinajstić information content (AvgIpc) is 2.54. The minimum absolute atomic E-state index is 0.282. The summed E-state index contributed by atoms with van der Waals surface area (Å²) in [5.41, 5.74) is 2.36. The van der Waals surface area contributed by atoms with Gasteiger partial charge in [-0.3, -0.25) is 0 Å². The highest BCUT2D eigenvalue weighted by Gasteiger charge is 2.16. The second kappa shape index (κ2) is 3.87. The Hall–Kier alpha value is -1.84. The maximum absolute atomic E-state index is 13.5. The van der Waals surface area contributed by atoms with Crippen LogP contribution < -0.4 is 0 Å². The number of rotatable bonds is 2. The molecule has 0 atom stereocenters. The number of aryl methyl sites for hydroxylation is 1. The zero-order valence-corrected chi connectivity index (χ0v) is 9.97. The molecule has 1 aromatic heterocycles. The number of H-pyrrole nitrogens is 1. The van der Waals surface area contributed by atoms with Crippen LogP contribution in [0.1, 0.15) is 41.4 Å². The van der Waals surface area contributed by atoms with Crippen LogP contribution in [0.25, 0.3) is 10.9 Å². The molecule has 0 saturated heterocycles. The van der Waals surface area contributed by atoms with E-state index in [2.05, 4.69) is 4.98 Å². The van der Waals surface area contributed by atoms with Crippen LogP contribution in [0.3, 0.4) is 0 Å². The summed E-state index contributed by atoms with van der Waals surface area (Å²) in [6.07, 6.45) is 0. The smallest absolute Gasteiger partial charge is 0.338 e. The topological polar surface area (TPSA) is 53.1 Å². The van der Waals surface area contributed by atoms with Crippen LogP contribution in [0, 0.1) is 12.7 Å². The molecule has 0 aliphatic rings. The van der Waals surface area contributed by atoms with E-state index in [0.29, 0.717) is 11.4 Å². The number of hydrogen-bond acceptors (Lipinski definition) is 1. The number of aromatic carboxylic acids is 1. The molecule has 2 aromatic rings. The Morgan fingerprint density at radius 2 is 2.06 bits per heavy atom. The fourth-order valence-electron chi connectivity index (χ4n) is 2.11. The second-order valence-corrected chi connectivity index (χ2v) is 4.50. The summed E-state index contributed by atoms with van der Waals surface area (Å²) in [7, 11) is 0. The molecule has 3 nitrogen and oxygen atoms in total. The van der Waals surface area contributed by atoms with Crippen molar-refractivity contribution in [2.75, 3.05) is 0 Å². The van der Waals surface area contributed by atoms with Gasteiger partial charge in [0.2, 0.25) is 0 Å². The van der Waals surface area contributed by atoms with E-state index in [1.165, 1.54) is 12.1 Å². The van der Waals surface area contributed by atoms with Crippen LogP contribution in [-0.2, 0) is 0 Å². The summed E-state index contributed by atoms with van der Waals surface area (Å²) in [5.74, 6) is -1.66. The Bertz CT molecular complexity index is 599. The van der Waals surface area contributed by atoms with E-state index in [1.807, 2.05) is 20.8 Å². The number of fused-ring (bicyclic) bond motifs is 1. The van der Waals surface area contributed by atoms with Crippen LogP contribution in [0.15, 0.2) is 12.1 Å². The first-order valence-corrected chi connectivity index (χ1v) is 5.46. The summed E-state index contributed by atoms with van der Waals surface area (Å²) in [4.78, 5) is 14.0. The molecule has 0 saturated carbocycles. The Labute approximate surface area is 98.3 Å². The number of carboxylic acids is 1. The number of carboxylic acid groups (broad SMARTS) is 1. The summed E-state index contributed by atoms with van der Waals surface area (Å²) in [6.45, 7) is 5.98. The van der Waals surface area contributed by atoms with Crippen molar-refractivity contribution < 1.29 is 14.3 Å². The van der Waals surface area contributed by atoms with E-state index in [-0.39, 0.29) is 5.56 Å². The zero-order chi connectivity index (χ0) is 12.7. The molecule has 1 heterocycles. The van der Waals surface area contributed by atoms with Crippen molar-refractivity contribution in [2.24, 2.45) is 0 Å². The van der Waals surface area contributed by atoms with Gasteiger partial charge in [0.15, 0.2) is 0 Å². The molecule has 17 heavy (non-hydrogen) atoms. The van der Waals surface area contributed by atoms with Crippen LogP contribution in [-0.4, -0.2) is 16.1 Å². The standard InChI is InChI=1S/C13H14FNO2/c1-6(2)12-7(3)8-4-9(13(16)17)10(14)5-11(8)15-12/h4-6,15H,1-3H3,(H,16,17). The first-order valence-electron chi connectivity index (χ1n) is 5.46. The van der Waals surface area contributed by atoms with E-state index < -0.39 is 11.8 Å². The molecule has 0 radical (unpaired) electrons. The van der Waals surface area contributed by atoms with Crippen LogP contribution in [0.2, 0.25) is 0 Å². The summed E-state index contributed by atoms with van der Waals surface area (Å²) in [6, 6.07) is 2.64. The number of benzene rings is 1. The summed E-state index contributed by atoms with van der Waals surface area (Å²) in [5, 5.41) is 9.65. The third kappa shape index (κ3) is 1.79. The van der Waals surface area contributed by atoms with Crippen molar-refractivity contribution in [1.82, 2.24) is 4.98 Å². The molecular weight excluding hydrogens is 221 g/mol. The normalized spacial score (nSPS) is 11.4. The van der Waals surface area contributed by atoms with Gasteiger partial charge >= 0.3 is 5.97 Å². The van der Waals surface area contributed by atoms with Gasteiger partial charge < -0.3 is 10.1 Å². The number of aromatic nitrogens is 1. The molecule has 0 amide bonds. The molecule has 4 heteroatoms. The van der Waals surface area contributed by atoms with E-state index in [9.17, 15) is 9.18 Å². The Morgan fingerprint density at radius 3 is 2.59 bits per heavy atom. The van der Waals surface area contributed by atoms with Gasteiger partial charge in [0.25, 0.3) is 0 Å². The molecule has 2 rings (SSSR count). The maximum Gasteiger partial charge on any atom is 0.338 e. The highest BCUT2D eigenvalue weighted by Crippen LogP contribution is 2.28. The lowest BCUT2D eigenvalue weighted by molar-refractivity contribution is 0.0692. The quantitative estimate of drug-likeness (QED) is 0.837. The summed E-state index contributed by atoms with van der Waals surface area (Å²) < 4.78 is 13.5. The number of hydrogen-bond donors (Lipinski definition) is 2. The predicted octanol–water partition coefficient (Wildman–Crippen LogP) is 3.44. The van der Waals surface area contributed by atoms with Gasteiger partial charge in [-0.15, -0.1) is 0 Å². The van der Waals surface area contributed by atoms with Gasteiger partial charge in [0.1, 0.15) is 5.82 Å². The van der Waals surface area contributed by atoms with Gasteiger partial charge in [-0.1, -0.05) is 13.8 Å². The third-order valence-corrected chi connectivity index (χ3v) is 2.99. The van der Waals surface area contributed by atoms with Crippen molar-refractivity contribution in [3.8, 4) is 0 Å². The van der Waals surface area contributed by atoms with Gasteiger partial charge in [-0.05, 0) is 30.5 Å². The highest BCUT2D eigenvalue weighted by atomic mass is 19.1. The molecule has 0 aliphatic carbocycles. The monoisotopic (exact) mass is 235 g/mol. The minimum Gasteiger partial charge on any atom is -0.478 e. The molecule has 0 spiro atoms.